The van der Waals surface area contributed by atoms with E-state index in [2.05, 4.69) is 4.74 Å². The Labute approximate surface area is 87.5 Å². The molecular formula is C11H13FO3. The van der Waals surface area contributed by atoms with Crippen molar-refractivity contribution in [3.63, 3.8) is 0 Å². The molecule has 4 heteroatoms. The van der Waals surface area contributed by atoms with E-state index in [0.717, 1.165) is 0 Å². The summed E-state index contributed by atoms with van der Waals surface area (Å²) in [6, 6.07) is 4.69. The van der Waals surface area contributed by atoms with Crippen molar-refractivity contribution in [2.45, 2.75) is 19.4 Å². The van der Waals surface area contributed by atoms with Gasteiger partial charge in [0.25, 0.3) is 0 Å². The number of esters is 1. The molecule has 0 bridgehead atoms. The van der Waals surface area contributed by atoms with Crippen molar-refractivity contribution in [1.82, 2.24) is 0 Å². The molecule has 0 aliphatic heterocycles. The van der Waals surface area contributed by atoms with Crippen LogP contribution in [0, 0.1) is 12.7 Å². The van der Waals surface area contributed by atoms with E-state index in [-0.39, 0.29) is 12.0 Å². The summed E-state index contributed by atoms with van der Waals surface area (Å²) in [5.74, 6) is -1.04. The van der Waals surface area contributed by atoms with Crippen LogP contribution < -0.4 is 0 Å². The van der Waals surface area contributed by atoms with E-state index in [1.165, 1.54) is 13.2 Å². The maximum atomic E-state index is 13.5. The van der Waals surface area contributed by atoms with Gasteiger partial charge in [-0.3, -0.25) is 4.79 Å². The van der Waals surface area contributed by atoms with E-state index in [1.807, 2.05) is 0 Å². The number of ether oxygens (including phenoxy) is 1. The zero-order valence-corrected chi connectivity index (χ0v) is 8.66. The van der Waals surface area contributed by atoms with Crippen molar-refractivity contribution < 1.29 is 19.0 Å². The monoisotopic (exact) mass is 212 g/mol. The molecule has 0 saturated heterocycles. The van der Waals surface area contributed by atoms with Gasteiger partial charge < -0.3 is 9.84 Å². The topological polar surface area (TPSA) is 46.5 Å². The fourth-order valence-electron chi connectivity index (χ4n) is 1.28. The Bertz CT molecular complexity index is 363. The molecule has 1 aromatic carbocycles. The normalized spacial score (nSPS) is 12.3. The summed E-state index contributed by atoms with van der Waals surface area (Å²) in [5.41, 5.74) is 0.566. The Balaban J connectivity index is 2.86. The molecule has 0 aromatic heterocycles. The molecule has 0 unspecified atom stereocenters. The molecule has 1 aromatic rings. The van der Waals surface area contributed by atoms with Crippen LogP contribution in [-0.2, 0) is 9.53 Å². The third kappa shape index (κ3) is 2.76. The van der Waals surface area contributed by atoms with E-state index in [0.29, 0.717) is 5.56 Å². The Hall–Kier alpha value is -1.42. The first-order valence-electron chi connectivity index (χ1n) is 4.56. The van der Waals surface area contributed by atoms with Crippen molar-refractivity contribution in [1.29, 1.82) is 0 Å². The first-order valence-corrected chi connectivity index (χ1v) is 4.56. The van der Waals surface area contributed by atoms with Gasteiger partial charge in [0.15, 0.2) is 0 Å². The van der Waals surface area contributed by atoms with Crippen molar-refractivity contribution in [3.05, 3.63) is 35.1 Å². The Kier molecular flexibility index (Phi) is 3.80. The number of rotatable bonds is 3. The minimum Gasteiger partial charge on any atom is -0.469 e. The number of aliphatic hydroxyl groups excluding tert-OH is 1. The lowest BCUT2D eigenvalue weighted by Gasteiger charge is -2.11. The fraction of sp³-hybridized carbons (Fsp3) is 0.364. The highest BCUT2D eigenvalue weighted by Gasteiger charge is 2.17. The smallest absolute Gasteiger partial charge is 0.308 e. The standard InChI is InChI=1S/C11H13FO3/c1-7-4-3-5-8(11(7)12)9(13)6-10(14)15-2/h3-5,9,13H,6H2,1-2H3/t9-/m1/s1. The van der Waals surface area contributed by atoms with Gasteiger partial charge in [0.1, 0.15) is 5.82 Å². The van der Waals surface area contributed by atoms with Gasteiger partial charge in [0, 0.05) is 5.56 Å². The molecule has 0 spiro atoms. The highest BCUT2D eigenvalue weighted by atomic mass is 19.1. The number of hydrogen-bond donors (Lipinski definition) is 1. The summed E-state index contributed by atoms with van der Waals surface area (Å²) < 4.78 is 17.9. The molecule has 0 aliphatic rings. The van der Waals surface area contributed by atoms with E-state index in [9.17, 15) is 14.3 Å². The lowest BCUT2D eigenvalue weighted by atomic mass is 10.0. The van der Waals surface area contributed by atoms with Crippen LogP contribution >= 0.6 is 0 Å². The zero-order valence-electron chi connectivity index (χ0n) is 8.66. The molecule has 1 N–H and O–H groups in total. The Morgan fingerprint density at radius 1 is 1.60 bits per heavy atom. The summed E-state index contributed by atoms with van der Waals surface area (Å²) in [5, 5.41) is 9.59. The molecule has 1 rings (SSSR count). The van der Waals surface area contributed by atoms with Gasteiger partial charge in [0.05, 0.1) is 19.6 Å². The third-order valence-corrected chi connectivity index (χ3v) is 2.17. The van der Waals surface area contributed by atoms with Gasteiger partial charge in [-0.05, 0) is 12.5 Å². The van der Waals surface area contributed by atoms with Crippen LogP contribution in [0.3, 0.4) is 0 Å². The SMILES string of the molecule is COC(=O)C[C@@H](O)c1cccc(C)c1F. The lowest BCUT2D eigenvalue weighted by molar-refractivity contribution is -0.142. The molecule has 0 fully saturated rings. The number of hydrogen-bond acceptors (Lipinski definition) is 3. The molecule has 1 atom stereocenters. The first-order chi connectivity index (χ1) is 7.06. The second-order valence-corrected chi connectivity index (χ2v) is 3.27. The second kappa shape index (κ2) is 4.89. The number of methoxy groups -OCH3 is 1. The molecule has 0 heterocycles. The number of carbonyl (C=O) groups excluding carboxylic acids is 1. The first kappa shape index (κ1) is 11.7. The third-order valence-electron chi connectivity index (χ3n) is 2.17. The molecule has 0 saturated carbocycles. The summed E-state index contributed by atoms with van der Waals surface area (Å²) in [4.78, 5) is 10.9. The van der Waals surface area contributed by atoms with E-state index < -0.39 is 17.9 Å². The fourth-order valence-corrected chi connectivity index (χ4v) is 1.28. The largest absolute Gasteiger partial charge is 0.469 e. The van der Waals surface area contributed by atoms with Gasteiger partial charge >= 0.3 is 5.97 Å². The Morgan fingerprint density at radius 2 is 2.27 bits per heavy atom. The second-order valence-electron chi connectivity index (χ2n) is 3.27. The molecule has 0 aliphatic carbocycles. The molecule has 82 valence electrons. The van der Waals surface area contributed by atoms with Crippen LogP contribution in [0.25, 0.3) is 0 Å². The summed E-state index contributed by atoms with van der Waals surface area (Å²) in [6.07, 6.45) is -1.39. The van der Waals surface area contributed by atoms with Gasteiger partial charge in [-0.25, -0.2) is 4.39 Å². The summed E-state index contributed by atoms with van der Waals surface area (Å²) in [7, 11) is 1.22. The van der Waals surface area contributed by atoms with Crippen molar-refractivity contribution >= 4 is 5.97 Å². The molecule has 15 heavy (non-hydrogen) atoms. The summed E-state index contributed by atoms with van der Waals surface area (Å²) >= 11 is 0. The predicted molar refractivity (Wildman–Crippen MR) is 52.7 cm³/mol. The molecular weight excluding hydrogens is 199 g/mol. The minimum absolute atomic E-state index is 0.125. The molecule has 0 radical (unpaired) electrons. The van der Waals surface area contributed by atoms with E-state index in [4.69, 9.17) is 0 Å². The zero-order chi connectivity index (χ0) is 11.4. The van der Waals surface area contributed by atoms with Crippen LogP contribution in [0.15, 0.2) is 18.2 Å². The van der Waals surface area contributed by atoms with Gasteiger partial charge in [0.2, 0.25) is 0 Å². The summed E-state index contributed by atoms with van der Waals surface area (Å²) in [6.45, 7) is 1.60. The molecule has 3 nitrogen and oxygen atoms in total. The van der Waals surface area contributed by atoms with Crippen LogP contribution in [-0.4, -0.2) is 18.2 Å². The van der Waals surface area contributed by atoms with Crippen LogP contribution in [0.5, 0.6) is 0 Å². The van der Waals surface area contributed by atoms with Crippen LogP contribution in [0.1, 0.15) is 23.7 Å². The predicted octanol–water partition coefficient (Wildman–Crippen LogP) is 1.73. The highest BCUT2D eigenvalue weighted by molar-refractivity contribution is 5.70. The van der Waals surface area contributed by atoms with Crippen molar-refractivity contribution in [2.75, 3.05) is 7.11 Å². The average Bonchev–Trinajstić information content (AvgIpc) is 2.21. The van der Waals surface area contributed by atoms with Crippen LogP contribution in [0.2, 0.25) is 0 Å². The average molecular weight is 212 g/mol. The number of aliphatic hydroxyl groups is 1. The maximum Gasteiger partial charge on any atom is 0.308 e. The maximum absolute atomic E-state index is 13.5. The number of benzene rings is 1. The minimum atomic E-state index is -1.16. The van der Waals surface area contributed by atoms with Gasteiger partial charge in [-0.2, -0.15) is 0 Å². The van der Waals surface area contributed by atoms with Crippen molar-refractivity contribution in [2.24, 2.45) is 0 Å². The quantitative estimate of drug-likeness (QED) is 0.776. The molecule has 0 amide bonds. The van der Waals surface area contributed by atoms with E-state index in [1.54, 1.807) is 19.1 Å². The number of aryl methyl sites for hydroxylation is 1. The Morgan fingerprint density at radius 3 is 2.87 bits per heavy atom. The number of halogens is 1. The highest BCUT2D eigenvalue weighted by Crippen LogP contribution is 2.22. The lowest BCUT2D eigenvalue weighted by Crippen LogP contribution is -2.09. The van der Waals surface area contributed by atoms with E-state index >= 15 is 0 Å². The van der Waals surface area contributed by atoms with Crippen molar-refractivity contribution in [3.8, 4) is 0 Å². The van der Waals surface area contributed by atoms with Gasteiger partial charge in [-0.15, -0.1) is 0 Å². The number of carbonyl (C=O) groups is 1. The van der Waals surface area contributed by atoms with Gasteiger partial charge in [-0.1, -0.05) is 18.2 Å². The van der Waals surface area contributed by atoms with Crippen LogP contribution in [0.4, 0.5) is 4.39 Å².